The third-order valence-electron chi connectivity index (χ3n) is 11.5. The standard InChI is InChI=1S/C47H19F4N9S6/c1-18-30-32(22(14-52)56-5)46(48,49)34(24(16-54)58-7)42(30)63-38(18)26-10-12-28(61-26)40-20(3)36-44(65-40)45-37(60(36)9)21(4)41(66-45)29-13-11-27(62-29)39-19(2)31-33(23(15-53)57-6)47(50,51)35(43(31)64-39)25(17-55)59-8/h10-13H,1-4,9H3/b32-22-,33-23+,34-24-,35-25+. The normalized spacial score (nSPS) is 17.4. The van der Waals surface area contributed by atoms with Crippen LogP contribution in [-0.2, 0) is 7.05 Å². The number of aromatic nitrogens is 1. The van der Waals surface area contributed by atoms with Gasteiger partial charge < -0.3 is 4.57 Å². The van der Waals surface area contributed by atoms with E-state index in [0.717, 1.165) is 83.5 Å². The van der Waals surface area contributed by atoms with Crippen molar-refractivity contribution in [2.45, 2.75) is 39.5 Å². The molecule has 0 saturated carbocycles. The Balaban J connectivity index is 1.12. The molecule has 0 atom stereocenters. The second kappa shape index (κ2) is 15.4. The molecule has 316 valence electrons. The fourth-order valence-corrected chi connectivity index (χ4v) is 17.0. The molecule has 0 unspecified atom stereocenters. The average Bonchev–Trinajstić information content (AvgIpc) is 4.18. The van der Waals surface area contributed by atoms with E-state index in [1.54, 1.807) is 60.8 Å². The van der Waals surface area contributed by atoms with Gasteiger partial charge in [-0.1, -0.05) is 0 Å². The van der Waals surface area contributed by atoms with Crippen molar-refractivity contribution in [3.63, 3.8) is 0 Å². The Morgan fingerprint density at radius 1 is 0.470 bits per heavy atom. The van der Waals surface area contributed by atoms with Gasteiger partial charge in [-0.3, -0.25) is 0 Å². The molecule has 0 radical (unpaired) electrons. The van der Waals surface area contributed by atoms with Crippen LogP contribution < -0.4 is 0 Å². The minimum atomic E-state index is -3.88. The summed E-state index contributed by atoms with van der Waals surface area (Å²) >= 11 is 8.19. The zero-order valence-corrected chi connectivity index (χ0v) is 39.2. The summed E-state index contributed by atoms with van der Waals surface area (Å²) in [6, 6.07) is 14.0. The number of hydrogen-bond acceptors (Lipinski definition) is 10. The predicted octanol–water partition coefficient (Wildman–Crippen LogP) is 15.5. The van der Waals surface area contributed by atoms with Crippen molar-refractivity contribution >= 4 is 111 Å². The van der Waals surface area contributed by atoms with E-state index in [1.807, 2.05) is 31.3 Å². The van der Waals surface area contributed by atoms with Crippen LogP contribution in [0.5, 0.6) is 0 Å². The summed E-state index contributed by atoms with van der Waals surface area (Å²) in [7, 11) is 2.01. The van der Waals surface area contributed by atoms with Gasteiger partial charge in [0.2, 0.25) is 0 Å². The summed E-state index contributed by atoms with van der Waals surface area (Å²) in [6.45, 7) is 37.2. The maximum atomic E-state index is 16.0. The van der Waals surface area contributed by atoms with E-state index in [0.29, 0.717) is 20.9 Å². The van der Waals surface area contributed by atoms with E-state index in [1.165, 1.54) is 22.7 Å². The first-order chi connectivity index (χ1) is 31.5. The molecule has 9 rings (SSSR count). The molecule has 2 aliphatic carbocycles. The molecule has 2 aliphatic rings. The number of allylic oxidation sites excluding steroid dienone is 8. The highest BCUT2D eigenvalue weighted by atomic mass is 32.1. The van der Waals surface area contributed by atoms with E-state index in [-0.39, 0.29) is 20.9 Å². The second-order valence-electron chi connectivity index (χ2n) is 14.8. The molecule has 7 aromatic heterocycles. The Hall–Kier alpha value is -7.40. The zero-order valence-electron chi connectivity index (χ0n) is 34.3. The molecule has 0 spiro atoms. The van der Waals surface area contributed by atoms with Crippen molar-refractivity contribution in [2.24, 2.45) is 7.05 Å². The molecule has 9 nitrogen and oxygen atoms in total. The lowest BCUT2D eigenvalue weighted by Crippen LogP contribution is -2.16. The molecule has 0 aromatic carbocycles. The first kappa shape index (κ1) is 43.8. The Bertz CT molecular complexity index is 3620. The fraction of sp³-hybridized carbons (Fsp3) is 0.149. The lowest BCUT2D eigenvalue weighted by molar-refractivity contribution is 0.137. The van der Waals surface area contributed by atoms with Gasteiger partial charge in [-0.25, -0.2) is 40.4 Å². The molecule has 7 aromatic rings. The number of thiophene rings is 6. The topological polar surface area (TPSA) is 118 Å². The summed E-state index contributed by atoms with van der Waals surface area (Å²) in [5.41, 5.74) is -1.30. The molecule has 0 bridgehead atoms. The van der Waals surface area contributed by atoms with E-state index in [4.69, 9.17) is 26.3 Å². The fourth-order valence-electron chi connectivity index (χ4n) is 8.77. The number of alkyl halides is 4. The highest BCUT2D eigenvalue weighted by Crippen LogP contribution is 2.63. The van der Waals surface area contributed by atoms with Crippen LogP contribution in [-0.4, -0.2) is 16.4 Å². The molecule has 0 fully saturated rings. The van der Waals surface area contributed by atoms with Gasteiger partial charge in [0.05, 0.1) is 103 Å². The first-order valence-corrected chi connectivity index (χ1v) is 23.8. The monoisotopic (exact) mass is 977 g/mol. The van der Waals surface area contributed by atoms with Crippen LogP contribution in [0.2, 0.25) is 0 Å². The van der Waals surface area contributed by atoms with E-state index in [2.05, 4.69) is 37.8 Å². The molecule has 7 heterocycles. The molecule has 66 heavy (non-hydrogen) atoms. The summed E-state index contributed by atoms with van der Waals surface area (Å²) in [6.07, 6.45) is 0. The van der Waals surface area contributed by atoms with Gasteiger partial charge in [-0.05, 0) is 85.3 Å². The Morgan fingerprint density at radius 3 is 1.05 bits per heavy atom. The number of rotatable bonds is 4. The summed E-state index contributed by atoms with van der Waals surface area (Å²) in [5, 5.41) is 38.6. The highest BCUT2D eigenvalue weighted by Gasteiger charge is 2.54. The van der Waals surface area contributed by atoms with Crippen LogP contribution in [0.25, 0.3) is 101 Å². The van der Waals surface area contributed by atoms with Gasteiger partial charge in [0, 0.05) is 46.1 Å². The minimum absolute atomic E-state index is 0.00316. The number of nitriles is 4. The van der Waals surface area contributed by atoms with Crippen molar-refractivity contribution in [1.82, 2.24) is 4.57 Å². The number of hydrogen-bond donors (Lipinski definition) is 0. The Morgan fingerprint density at radius 2 is 0.758 bits per heavy atom. The second-order valence-corrected chi connectivity index (χ2v) is 21.1. The summed E-state index contributed by atoms with van der Waals surface area (Å²) in [5.74, 6) is -7.77. The van der Waals surface area contributed by atoms with Gasteiger partial charge in [0.25, 0.3) is 34.6 Å². The van der Waals surface area contributed by atoms with Crippen LogP contribution in [0.15, 0.2) is 47.1 Å². The third-order valence-corrected chi connectivity index (χ3v) is 19.8. The molecule has 0 amide bonds. The van der Waals surface area contributed by atoms with Crippen molar-refractivity contribution < 1.29 is 17.6 Å². The van der Waals surface area contributed by atoms with Gasteiger partial charge in [0.15, 0.2) is 0 Å². The largest absolute Gasteiger partial charge is 0.342 e. The molecular weight excluding hydrogens is 959 g/mol. The maximum Gasteiger partial charge on any atom is 0.284 e. The van der Waals surface area contributed by atoms with Gasteiger partial charge in [0.1, 0.15) is 0 Å². The van der Waals surface area contributed by atoms with Gasteiger partial charge in [-0.2, -0.15) is 17.6 Å². The quantitative estimate of drug-likeness (QED) is 0.0991. The van der Waals surface area contributed by atoms with Gasteiger partial charge >= 0.3 is 0 Å². The number of aryl methyl sites for hydroxylation is 3. The van der Waals surface area contributed by atoms with Crippen molar-refractivity contribution in [3.05, 3.63) is 136 Å². The first-order valence-electron chi connectivity index (χ1n) is 18.9. The average molecular weight is 978 g/mol. The van der Waals surface area contributed by atoms with Crippen LogP contribution in [0.4, 0.5) is 17.6 Å². The molecule has 19 heteroatoms. The smallest absolute Gasteiger partial charge is 0.284 e. The zero-order chi connectivity index (χ0) is 47.5. The SMILES string of the molecule is [C-]#[N+]/C(C#N)=C1/c2c(sc(-c3ccc(-c4sc5c6sc(-c7ccc(-c8sc9c(c8C)/C(=C(/C#N)[N+]#[C-])C(F)(F)/C9=C(\C#N)[N+]#[C-])s7)c(C)c6n(C)c5c4C)s3)c2C)/C(=C(\C#N)[N+]#[C-])C1(F)F. The van der Waals surface area contributed by atoms with Crippen molar-refractivity contribution in [1.29, 1.82) is 21.0 Å². The predicted molar refractivity (Wildman–Crippen MR) is 255 cm³/mol. The van der Waals surface area contributed by atoms with Crippen molar-refractivity contribution in [3.8, 4) is 63.3 Å². The minimum Gasteiger partial charge on any atom is -0.342 e. The van der Waals surface area contributed by atoms with E-state index >= 15 is 17.6 Å². The molecule has 0 N–H and O–H groups in total. The maximum absolute atomic E-state index is 16.0. The van der Waals surface area contributed by atoms with Crippen LogP contribution in [0, 0.1) is 99.3 Å². The number of halogens is 4. The lowest BCUT2D eigenvalue weighted by atomic mass is 10.0. The van der Waals surface area contributed by atoms with Crippen LogP contribution >= 0.6 is 68.0 Å². The van der Waals surface area contributed by atoms with E-state index in [9.17, 15) is 21.0 Å². The Kier molecular flexibility index (Phi) is 10.2. The molecule has 0 aliphatic heterocycles. The number of nitrogens with zero attached hydrogens (tertiary/aromatic N) is 9. The third kappa shape index (κ3) is 5.74. The van der Waals surface area contributed by atoms with E-state index < -0.39 is 56.9 Å². The molecular formula is C47H19F4N9S6. The van der Waals surface area contributed by atoms with Crippen LogP contribution in [0.1, 0.15) is 43.1 Å². The highest BCUT2D eigenvalue weighted by molar-refractivity contribution is 7.34. The summed E-state index contributed by atoms with van der Waals surface area (Å²) < 4.78 is 68.2. The summed E-state index contributed by atoms with van der Waals surface area (Å²) in [4.78, 5) is 19.0. The lowest BCUT2D eigenvalue weighted by Gasteiger charge is -2.16. The number of fused-ring (bicyclic) bond motifs is 5. The Labute approximate surface area is 397 Å². The van der Waals surface area contributed by atoms with Crippen molar-refractivity contribution in [2.75, 3.05) is 0 Å². The van der Waals surface area contributed by atoms with Gasteiger partial charge in [-0.15, -0.1) is 68.0 Å². The van der Waals surface area contributed by atoms with Crippen LogP contribution in [0.3, 0.4) is 0 Å². The molecule has 0 saturated heterocycles.